The summed E-state index contributed by atoms with van der Waals surface area (Å²) < 4.78 is 26.6. The van der Waals surface area contributed by atoms with Gasteiger partial charge in [0, 0.05) is 24.0 Å². The molecule has 114 valence electrons. The molecule has 0 amide bonds. The molecule has 0 radical (unpaired) electrons. The summed E-state index contributed by atoms with van der Waals surface area (Å²) in [5.41, 5.74) is 5.64. The highest BCUT2D eigenvalue weighted by Gasteiger charge is 2.34. The van der Waals surface area contributed by atoms with Gasteiger partial charge in [-0.15, -0.1) is 24.2 Å². The second-order valence-electron chi connectivity index (χ2n) is 4.44. The highest BCUT2D eigenvalue weighted by molar-refractivity contribution is 7.98. The first-order valence-corrected chi connectivity index (χ1v) is 9.10. The average Bonchev–Trinajstić information content (AvgIpc) is 2.87. The van der Waals surface area contributed by atoms with E-state index < -0.39 is 10.0 Å². The molecule has 4 nitrogen and oxygen atoms in total. The predicted molar refractivity (Wildman–Crippen MR) is 86.4 cm³/mol. The SMILES string of the molecule is CSc1ccc(S(=O)(=O)N2CCCC2CN)cc1Cl.Cl. The minimum Gasteiger partial charge on any atom is -0.329 e. The monoisotopic (exact) mass is 356 g/mol. The van der Waals surface area contributed by atoms with Crippen molar-refractivity contribution in [1.29, 1.82) is 0 Å². The van der Waals surface area contributed by atoms with Crippen LogP contribution in [0.1, 0.15) is 12.8 Å². The first-order chi connectivity index (χ1) is 9.00. The first-order valence-electron chi connectivity index (χ1n) is 6.06. The summed E-state index contributed by atoms with van der Waals surface area (Å²) in [6, 6.07) is 4.78. The first kappa shape index (κ1) is 18.1. The lowest BCUT2D eigenvalue weighted by molar-refractivity contribution is 0.393. The van der Waals surface area contributed by atoms with Crippen molar-refractivity contribution in [1.82, 2.24) is 4.31 Å². The van der Waals surface area contributed by atoms with Gasteiger partial charge in [-0.05, 0) is 37.3 Å². The van der Waals surface area contributed by atoms with E-state index in [-0.39, 0.29) is 23.3 Å². The van der Waals surface area contributed by atoms with E-state index in [4.69, 9.17) is 17.3 Å². The third-order valence-electron chi connectivity index (χ3n) is 3.33. The zero-order chi connectivity index (χ0) is 14.0. The number of hydrogen-bond donors (Lipinski definition) is 1. The van der Waals surface area contributed by atoms with E-state index >= 15 is 0 Å². The molecule has 0 bridgehead atoms. The van der Waals surface area contributed by atoms with Crippen molar-refractivity contribution in [3.8, 4) is 0 Å². The number of nitrogens with two attached hydrogens (primary N) is 1. The van der Waals surface area contributed by atoms with E-state index in [1.165, 1.54) is 22.1 Å². The molecule has 1 fully saturated rings. The molecule has 1 aliphatic heterocycles. The number of thioether (sulfide) groups is 1. The highest BCUT2D eigenvalue weighted by Crippen LogP contribution is 2.31. The van der Waals surface area contributed by atoms with Gasteiger partial charge in [0.1, 0.15) is 0 Å². The van der Waals surface area contributed by atoms with Crippen molar-refractivity contribution in [2.45, 2.75) is 28.7 Å². The van der Waals surface area contributed by atoms with Crippen LogP contribution in [0.4, 0.5) is 0 Å². The maximum atomic E-state index is 12.6. The van der Waals surface area contributed by atoms with Crippen molar-refractivity contribution >= 4 is 45.8 Å². The standard InChI is InChI=1S/C12H17ClN2O2S2.ClH/c1-18-12-5-4-10(7-11(12)13)19(16,17)15-6-2-3-9(15)8-14;/h4-5,7,9H,2-3,6,8,14H2,1H3;1H. The second kappa shape index (κ2) is 7.33. The van der Waals surface area contributed by atoms with Crippen LogP contribution in [-0.4, -0.2) is 38.1 Å². The fourth-order valence-electron chi connectivity index (χ4n) is 2.30. The molecule has 1 unspecified atom stereocenters. The lowest BCUT2D eigenvalue weighted by Crippen LogP contribution is -2.39. The molecule has 0 aromatic heterocycles. The van der Waals surface area contributed by atoms with Gasteiger partial charge in [-0.25, -0.2) is 8.42 Å². The van der Waals surface area contributed by atoms with E-state index in [9.17, 15) is 8.42 Å². The van der Waals surface area contributed by atoms with Gasteiger partial charge < -0.3 is 5.73 Å². The smallest absolute Gasteiger partial charge is 0.243 e. The van der Waals surface area contributed by atoms with Gasteiger partial charge in [-0.3, -0.25) is 0 Å². The maximum Gasteiger partial charge on any atom is 0.243 e. The van der Waals surface area contributed by atoms with Crippen LogP contribution in [0.3, 0.4) is 0 Å². The highest BCUT2D eigenvalue weighted by atomic mass is 35.5. The summed E-state index contributed by atoms with van der Waals surface area (Å²) in [5, 5.41) is 0.470. The zero-order valence-electron chi connectivity index (χ0n) is 11.1. The van der Waals surface area contributed by atoms with Gasteiger partial charge in [0.25, 0.3) is 0 Å². The molecule has 0 aliphatic carbocycles. The normalized spacial score (nSPS) is 19.9. The Bertz CT molecular complexity index is 567. The molecule has 1 atom stereocenters. The predicted octanol–water partition coefficient (Wildman–Crippen LogP) is 2.60. The van der Waals surface area contributed by atoms with Crippen molar-refractivity contribution in [2.24, 2.45) is 5.73 Å². The summed E-state index contributed by atoms with van der Waals surface area (Å²) in [6.07, 6.45) is 3.59. The Morgan fingerprint density at radius 3 is 2.75 bits per heavy atom. The van der Waals surface area contributed by atoms with Crippen molar-refractivity contribution in [2.75, 3.05) is 19.3 Å². The zero-order valence-corrected chi connectivity index (χ0v) is 14.3. The quantitative estimate of drug-likeness (QED) is 0.842. The van der Waals surface area contributed by atoms with Gasteiger partial charge in [0.15, 0.2) is 0 Å². The van der Waals surface area contributed by atoms with Gasteiger partial charge >= 0.3 is 0 Å². The largest absolute Gasteiger partial charge is 0.329 e. The third-order valence-corrected chi connectivity index (χ3v) is 6.49. The van der Waals surface area contributed by atoms with Crippen LogP contribution in [0.15, 0.2) is 28.0 Å². The van der Waals surface area contributed by atoms with E-state index in [1.54, 1.807) is 12.1 Å². The van der Waals surface area contributed by atoms with Crippen LogP contribution in [0.2, 0.25) is 5.02 Å². The second-order valence-corrected chi connectivity index (χ2v) is 7.59. The van der Waals surface area contributed by atoms with Gasteiger partial charge in [0.05, 0.1) is 9.92 Å². The molecule has 1 aromatic rings. The molecular formula is C12H18Cl2N2O2S2. The fraction of sp³-hybridized carbons (Fsp3) is 0.500. The Kier molecular flexibility index (Phi) is 6.63. The van der Waals surface area contributed by atoms with Crippen LogP contribution in [0, 0.1) is 0 Å². The Hall–Kier alpha value is 0.0200. The Balaban J connectivity index is 0.00000200. The molecule has 1 saturated heterocycles. The van der Waals surface area contributed by atoms with Crippen molar-refractivity contribution in [3.05, 3.63) is 23.2 Å². The molecule has 2 N–H and O–H groups in total. The molecule has 1 aromatic carbocycles. The van der Waals surface area contributed by atoms with Gasteiger partial charge in [-0.2, -0.15) is 4.31 Å². The summed E-state index contributed by atoms with van der Waals surface area (Å²) in [7, 11) is -3.49. The van der Waals surface area contributed by atoms with Crippen molar-refractivity contribution in [3.63, 3.8) is 0 Å². The van der Waals surface area contributed by atoms with Gasteiger partial charge in [-0.1, -0.05) is 11.6 Å². The van der Waals surface area contributed by atoms with Crippen LogP contribution in [-0.2, 0) is 10.0 Å². The van der Waals surface area contributed by atoms with E-state index in [1.807, 2.05) is 6.26 Å². The number of halogens is 2. The minimum absolute atomic E-state index is 0. The third kappa shape index (κ3) is 3.43. The number of nitrogens with zero attached hydrogens (tertiary/aromatic N) is 1. The molecule has 0 spiro atoms. The fourth-order valence-corrected chi connectivity index (χ4v) is 4.97. The number of hydrogen-bond acceptors (Lipinski definition) is 4. The number of sulfonamides is 1. The Morgan fingerprint density at radius 2 is 2.20 bits per heavy atom. The van der Waals surface area contributed by atoms with E-state index in [0.717, 1.165) is 17.7 Å². The van der Waals surface area contributed by atoms with Crippen LogP contribution >= 0.6 is 35.8 Å². The lowest BCUT2D eigenvalue weighted by Gasteiger charge is -2.23. The molecule has 2 rings (SSSR count). The molecule has 20 heavy (non-hydrogen) atoms. The molecule has 1 aliphatic rings. The summed E-state index contributed by atoms with van der Waals surface area (Å²) in [5.74, 6) is 0. The minimum atomic E-state index is -3.49. The van der Waals surface area contributed by atoms with E-state index in [2.05, 4.69) is 0 Å². The molecular weight excluding hydrogens is 339 g/mol. The van der Waals surface area contributed by atoms with Crippen LogP contribution < -0.4 is 5.73 Å². The number of rotatable bonds is 4. The Labute approximate surface area is 135 Å². The average molecular weight is 357 g/mol. The molecule has 8 heteroatoms. The summed E-state index contributed by atoms with van der Waals surface area (Å²) >= 11 is 7.58. The van der Waals surface area contributed by atoms with Crippen molar-refractivity contribution < 1.29 is 8.42 Å². The van der Waals surface area contributed by atoms with E-state index in [0.29, 0.717) is 18.1 Å². The lowest BCUT2D eigenvalue weighted by atomic mass is 10.2. The van der Waals surface area contributed by atoms with Crippen LogP contribution in [0.5, 0.6) is 0 Å². The van der Waals surface area contributed by atoms with Crippen LogP contribution in [0.25, 0.3) is 0 Å². The summed E-state index contributed by atoms with van der Waals surface area (Å²) in [4.78, 5) is 1.12. The topological polar surface area (TPSA) is 63.4 Å². The number of benzene rings is 1. The Morgan fingerprint density at radius 1 is 1.50 bits per heavy atom. The summed E-state index contributed by atoms with van der Waals surface area (Å²) in [6.45, 7) is 0.891. The maximum absolute atomic E-state index is 12.6. The van der Waals surface area contributed by atoms with Gasteiger partial charge in [0.2, 0.25) is 10.0 Å². The molecule has 1 heterocycles. The molecule has 0 saturated carbocycles.